The highest BCUT2D eigenvalue weighted by atomic mass is 79.9. The van der Waals surface area contributed by atoms with Crippen molar-refractivity contribution in [3.63, 3.8) is 0 Å². The van der Waals surface area contributed by atoms with E-state index in [1.807, 2.05) is 6.07 Å². The fourth-order valence-electron chi connectivity index (χ4n) is 1.56. The highest BCUT2D eigenvalue weighted by molar-refractivity contribution is 9.08. The zero-order valence-electron chi connectivity index (χ0n) is 10.3. The van der Waals surface area contributed by atoms with E-state index < -0.39 is 0 Å². The Bertz CT molecular complexity index is 330. The van der Waals surface area contributed by atoms with Crippen LogP contribution in [-0.2, 0) is 5.33 Å². The summed E-state index contributed by atoms with van der Waals surface area (Å²) in [6.45, 7) is 2.89. The van der Waals surface area contributed by atoms with E-state index in [4.69, 9.17) is 21.1 Å². The normalized spacial score (nSPS) is 10.4. The molecule has 0 unspecified atom stereocenters. The van der Waals surface area contributed by atoms with Crippen molar-refractivity contribution in [3.8, 4) is 11.5 Å². The average molecular weight is 322 g/mol. The maximum absolute atomic E-state index is 6.01. The first-order chi connectivity index (χ1) is 8.22. The Morgan fingerprint density at radius 1 is 1.29 bits per heavy atom. The maximum atomic E-state index is 6.01. The van der Waals surface area contributed by atoms with Crippen LogP contribution in [-0.4, -0.2) is 13.7 Å². The SMILES string of the molecule is CCCCCOc1c(CBr)cc(Cl)cc1OC. The summed E-state index contributed by atoms with van der Waals surface area (Å²) in [6, 6.07) is 3.68. The molecular weight excluding hydrogens is 303 g/mol. The molecule has 0 amide bonds. The molecule has 0 saturated heterocycles. The van der Waals surface area contributed by atoms with Gasteiger partial charge in [-0.1, -0.05) is 47.3 Å². The van der Waals surface area contributed by atoms with Gasteiger partial charge in [0.05, 0.1) is 13.7 Å². The third kappa shape index (κ3) is 4.40. The molecule has 0 aliphatic carbocycles. The van der Waals surface area contributed by atoms with Crippen LogP contribution in [0.4, 0.5) is 0 Å². The largest absolute Gasteiger partial charge is 0.493 e. The first kappa shape index (κ1) is 14.7. The van der Waals surface area contributed by atoms with E-state index in [0.717, 1.165) is 17.7 Å². The monoisotopic (exact) mass is 320 g/mol. The van der Waals surface area contributed by atoms with Gasteiger partial charge in [-0.15, -0.1) is 0 Å². The van der Waals surface area contributed by atoms with Crippen molar-refractivity contribution in [2.45, 2.75) is 31.5 Å². The molecule has 17 heavy (non-hydrogen) atoms. The summed E-state index contributed by atoms with van der Waals surface area (Å²) in [7, 11) is 1.63. The Labute approximate surface area is 116 Å². The molecule has 0 atom stereocenters. The fourth-order valence-corrected chi connectivity index (χ4v) is 2.21. The summed E-state index contributed by atoms with van der Waals surface area (Å²) in [5.74, 6) is 1.49. The number of hydrogen-bond acceptors (Lipinski definition) is 2. The van der Waals surface area contributed by atoms with Crippen molar-refractivity contribution in [1.29, 1.82) is 0 Å². The van der Waals surface area contributed by atoms with Crippen LogP contribution < -0.4 is 9.47 Å². The van der Waals surface area contributed by atoms with Gasteiger partial charge in [0.15, 0.2) is 11.5 Å². The molecule has 2 nitrogen and oxygen atoms in total. The van der Waals surface area contributed by atoms with Crippen molar-refractivity contribution >= 4 is 27.5 Å². The number of rotatable bonds is 7. The molecule has 0 spiro atoms. The van der Waals surface area contributed by atoms with Gasteiger partial charge in [-0.2, -0.15) is 0 Å². The zero-order valence-corrected chi connectivity index (χ0v) is 12.6. The molecule has 0 saturated carbocycles. The Balaban J connectivity index is 2.79. The van der Waals surface area contributed by atoms with Gasteiger partial charge in [0, 0.05) is 22.0 Å². The Kier molecular flexibility index (Phi) is 6.75. The Morgan fingerprint density at radius 2 is 2.06 bits per heavy atom. The summed E-state index contributed by atoms with van der Waals surface area (Å²) in [5, 5.41) is 1.37. The molecule has 1 rings (SSSR count). The molecule has 4 heteroatoms. The van der Waals surface area contributed by atoms with Crippen LogP contribution in [0.15, 0.2) is 12.1 Å². The lowest BCUT2D eigenvalue weighted by Crippen LogP contribution is -2.02. The molecule has 0 fully saturated rings. The molecule has 0 bridgehead atoms. The van der Waals surface area contributed by atoms with E-state index in [2.05, 4.69) is 22.9 Å². The Hall–Kier alpha value is -0.410. The molecule has 96 valence electrons. The van der Waals surface area contributed by atoms with Gasteiger partial charge in [-0.05, 0) is 12.5 Å². The van der Waals surface area contributed by atoms with E-state index in [-0.39, 0.29) is 0 Å². The van der Waals surface area contributed by atoms with Crippen LogP contribution in [0, 0.1) is 0 Å². The van der Waals surface area contributed by atoms with Crippen LogP contribution in [0.3, 0.4) is 0 Å². The number of alkyl halides is 1. The minimum atomic E-state index is 0.664. The van der Waals surface area contributed by atoms with Crippen molar-refractivity contribution in [3.05, 3.63) is 22.7 Å². The second-order valence-corrected chi connectivity index (χ2v) is 4.78. The number of ether oxygens (including phenoxy) is 2. The number of unbranched alkanes of at least 4 members (excludes halogenated alkanes) is 2. The molecule has 1 aromatic carbocycles. The van der Waals surface area contributed by atoms with Gasteiger partial charge in [0.2, 0.25) is 0 Å². The molecule has 0 N–H and O–H groups in total. The minimum absolute atomic E-state index is 0.664. The summed E-state index contributed by atoms with van der Waals surface area (Å²) >= 11 is 9.44. The molecule has 0 radical (unpaired) electrons. The van der Waals surface area contributed by atoms with Crippen LogP contribution in [0.25, 0.3) is 0 Å². The summed E-state index contributed by atoms with van der Waals surface area (Å²) in [6.07, 6.45) is 3.43. The topological polar surface area (TPSA) is 18.5 Å². The van der Waals surface area contributed by atoms with Crippen molar-refractivity contribution in [2.75, 3.05) is 13.7 Å². The first-order valence-electron chi connectivity index (χ1n) is 5.78. The lowest BCUT2D eigenvalue weighted by molar-refractivity contribution is 0.284. The molecular formula is C13H18BrClO2. The number of hydrogen-bond donors (Lipinski definition) is 0. The fraction of sp³-hybridized carbons (Fsp3) is 0.538. The van der Waals surface area contributed by atoms with E-state index in [0.29, 0.717) is 22.7 Å². The first-order valence-corrected chi connectivity index (χ1v) is 7.28. The number of benzene rings is 1. The van der Waals surface area contributed by atoms with Gasteiger partial charge in [-0.3, -0.25) is 0 Å². The maximum Gasteiger partial charge on any atom is 0.165 e. The third-order valence-corrected chi connectivity index (χ3v) is 3.28. The number of halogens is 2. The van der Waals surface area contributed by atoms with E-state index in [1.165, 1.54) is 12.8 Å². The van der Waals surface area contributed by atoms with Gasteiger partial charge in [0.25, 0.3) is 0 Å². The van der Waals surface area contributed by atoms with E-state index in [9.17, 15) is 0 Å². The lowest BCUT2D eigenvalue weighted by atomic mass is 10.2. The van der Waals surface area contributed by atoms with E-state index >= 15 is 0 Å². The van der Waals surface area contributed by atoms with E-state index in [1.54, 1.807) is 13.2 Å². The Morgan fingerprint density at radius 3 is 2.65 bits per heavy atom. The van der Waals surface area contributed by atoms with Gasteiger partial charge < -0.3 is 9.47 Å². The lowest BCUT2D eigenvalue weighted by Gasteiger charge is -2.14. The van der Waals surface area contributed by atoms with Gasteiger partial charge in [-0.25, -0.2) is 0 Å². The van der Waals surface area contributed by atoms with Crippen molar-refractivity contribution < 1.29 is 9.47 Å². The molecule has 0 aliphatic rings. The zero-order chi connectivity index (χ0) is 12.7. The molecule has 0 heterocycles. The minimum Gasteiger partial charge on any atom is -0.493 e. The third-order valence-electron chi connectivity index (χ3n) is 2.45. The van der Waals surface area contributed by atoms with Crippen molar-refractivity contribution in [1.82, 2.24) is 0 Å². The second-order valence-electron chi connectivity index (χ2n) is 3.79. The second kappa shape index (κ2) is 7.83. The van der Waals surface area contributed by atoms with Crippen LogP contribution in [0.5, 0.6) is 11.5 Å². The highest BCUT2D eigenvalue weighted by Crippen LogP contribution is 2.36. The quantitative estimate of drug-likeness (QED) is 0.530. The van der Waals surface area contributed by atoms with Crippen LogP contribution in [0.1, 0.15) is 31.7 Å². The van der Waals surface area contributed by atoms with Gasteiger partial charge >= 0.3 is 0 Å². The van der Waals surface area contributed by atoms with Crippen LogP contribution in [0.2, 0.25) is 5.02 Å². The molecule has 1 aromatic rings. The number of methoxy groups -OCH3 is 1. The predicted molar refractivity (Wildman–Crippen MR) is 75.7 cm³/mol. The van der Waals surface area contributed by atoms with Crippen molar-refractivity contribution in [2.24, 2.45) is 0 Å². The summed E-state index contributed by atoms with van der Waals surface area (Å²) in [5.41, 5.74) is 1.02. The standard InChI is InChI=1S/C13H18BrClO2/c1-3-4-5-6-17-13-10(9-14)7-11(15)8-12(13)16-2/h7-8H,3-6,9H2,1-2H3. The average Bonchev–Trinajstić information content (AvgIpc) is 2.35. The van der Waals surface area contributed by atoms with Gasteiger partial charge in [0.1, 0.15) is 0 Å². The summed E-state index contributed by atoms with van der Waals surface area (Å²) in [4.78, 5) is 0. The molecule has 0 aromatic heterocycles. The smallest absolute Gasteiger partial charge is 0.165 e. The highest BCUT2D eigenvalue weighted by Gasteiger charge is 2.11. The predicted octanol–water partition coefficient (Wildman–Crippen LogP) is 4.81. The molecule has 0 aliphatic heterocycles. The van der Waals surface area contributed by atoms with Crippen LogP contribution >= 0.6 is 27.5 Å². The summed E-state index contributed by atoms with van der Waals surface area (Å²) < 4.78 is 11.1.